The predicted molar refractivity (Wildman–Crippen MR) is 73.1 cm³/mol. The number of rotatable bonds is 3. The first-order chi connectivity index (χ1) is 9.76. The highest BCUT2D eigenvalue weighted by molar-refractivity contribution is 5.83. The summed E-state index contributed by atoms with van der Waals surface area (Å²) in [5.74, 6) is 1.25. The first-order valence-electron chi connectivity index (χ1n) is 6.52. The summed E-state index contributed by atoms with van der Waals surface area (Å²) in [6.45, 7) is 1.13. The van der Waals surface area contributed by atoms with Gasteiger partial charge in [0, 0.05) is 23.6 Å². The Labute approximate surface area is 116 Å². The second-order valence-electron chi connectivity index (χ2n) is 4.57. The Hall–Kier alpha value is -2.30. The van der Waals surface area contributed by atoms with Crippen LogP contribution in [-0.2, 0) is 16.0 Å². The molecule has 0 saturated carbocycles. The number of carbonyl (C=O) groups is 1. The number of carbonyl (C=O) groups excluding carboxylic acids is 1. The van der Waals surface area contributed by atoms with Crippen molar-refractivity contribution in [3.8, 4) is 11.5 Å². The SMILES string of the molecule is COC(=O)CCc1ccc2cc3c(cc2n1)OCCO3. The zero-order valence-corrected chi connectivity index (χ0v) is 11.2. The smallest absolute Gasteiger partial charge is 0.305 e. The van der Waals surface area contributed by atoms with Crippen LogP contribution >= 0.6 is 0 Å². The van der Waals surface area contributed by atoms with Crippen molar-refractivity contribution in [1.82, 2.24) is 4.98 Å². The van der Waals surface area contributed by atoms with Crippen LogP contribution in [0.15, 0.2) is 24.3 Å². The fraction of sp³-hybridized carbons (Fsp3) is 0.333. The number of hydrogen-bond donors (Lipinski definition) is 0. The topological polar surface area (TPSA) is 57.7 Å². The maximum atomic E-state index is 11.2. The van der Waals surface area contributed by atoms with Gasteiger partial charge in [-0.2, -0.15) is 0 Å². The Morgan fingerprint density at radius 2 is 2.00 bits per heavy atom. The molecule has 0 fully saturated rings. The highest BCUT2D eigenvalue weighted by atomic mass is 16.6. The van der Waals surface area contributed by atoms with Crippen LogP contribution in [0.4, 0.5) is 0 Å². The van der Waals surface area contributed by atoms with E-state index in [-0.39, 0.29) is 5.97 Å². The molecule has 2 aromatic rings. The van der Waals surface area contributed by atoms with E-state index < -0.39 is 0 Å². The molecule has 20 heavy (non-hydrogen) atoms. The lowest BCUT2D eigenvalue weighted by atomic mass is 10.1. The molecule has 0 saturated heterocycles. The summed E-state index contributed by atoms with van der Waals surface area (Å²) < 4.78 is 15.7. The first kappa shape index (κ1) is 12.7. The van der Waals surface area contributed by atoms with Gasteiger partial charge >= 0.3 is 5.97 Å². The van der Waals surface area contributed by atoms with Crippen LogP contribution in [0.3, 0.4) is 0 Å². The number of aromatic nitrogens is 1. The van der Waals surface area contributed by atoms with Crippen LogP contribution in [0.2, 0.25) is 0 Å². The molecule has 0 bridgehead atoms. The van der Waals surface area contributed by atoms with Crippen molar-refractivity contribution in [2.45, 2.75) is 12.8 Å². The molecule has 104 valence electrons. The molecule has 1 aromatic carbocycles. The molecule has 0 aliphatic carbocycles. The summed E-state index contributed by atoms with van der Waals surface area (Å²) in [4.78, 5) is 15.7. The van der Waals surface area contributed by atoms with E-state index in [2.05, 4.69) is 9.72 Å². The highest BCUT2D eigenvalue weighted by Crippen LogP contribution is 2.33. The van der Waals surface area contributed by atoms with Crippen molar-refractivity contribution >= 4 is 16.9 Å². The monoisotopic (exact) mass is 273 g/mol. The van der Waals surface area contributed by atoms with Crippen molar-refractivity contribution < 1.29 is 19.0 Å². The van der Waals surface area contributed by atoms with Crippen LogP contribution in [0.5, 0.6) is 11.5 Å². The van der Waals surface area contributed by atoms with E-state index in [4.69, 9.17) is 9.47 Å². The van der Waals surface area contributed by atoms with E-state index >= 15 is 0 Å². The van der Waals surface area contributed by atoms with Crippen LogP contribution < -0.4 is 9.47 Å². The van der Waals surface area contributed by atoms with E-state index in [1.807, 2.05) is 24.3 Å². The van der Waals surface area contributed by atoms with Gasteiger partial charge in [-0.25, -0.2) is 0 Å². The summed E-state index contributed by atoms with van der Waals surface area (Å²) in [5, 5.41) is 0.996. The zero-order chi connectivity index (χ0) is 13.9. The van der Waals surface area contributed by atoms with Gasteiger partial charge in [0.2, 0.25) is 0 Å². The van der Waals surface area contributed by atoms with Crippen LogP contribution in [0.25, 0.3) is 10.9 Å². The third-order valence-electron chi connectivity index (χ3n) is 3.22. The minimum absolute atomic E-state index is 0.228. The third kappa shape index (κ3) is 2.52. The number of benzene rings is 1. The molecule has 5 nitrogen and oxygen atoms in total. The molecule has 5 heteroatoms. The Bertz CT molecular complexity index is 654. The van der Waals surface area contributed by atoms with E-state index in [9.17, 15) is 4.79 Å². The molecule has 0 unspecified atom stereocenters. The molecule has 1 aliphatic heterocycles. The summed E-state index contributed by atoms with van der Waals surface area (Å²) in [6, 6.07) is 7.71. The maximum absolute atomic E-state index is 11.2. The van der Waals surface area contributed by atoms with Crippen LogP contribution in [-0.4, -0.2) is 31.3 Å². The molecule has 0 N–H and O–H groups in total. The largest absolute Gasteiger partial charge is 0.486 e. The molecular weight excluding hydrogens is 258 g/mol. The predicted octanol–water partition coefficient (Wildman–Crippen LogP) is 2.11. The van der Waals surface area contributed by atoms with Crippen molar-refractivity contribution in [1.29, 1.82) is 0 Å². The van der Waals surface area contributed by atoms with Crippen molar-refractivity contribution in [3.63, 3.8) is 0 Å². The van der Waals surface area contributed by atoms with E-state index in [0.717, 1.165) is 28.1 Å². The molecule has 0 amide bonds. The number of aryl methyl sites for hydroxylation is 1. The molecule has 0 radical (unpaired) electrons. The fourth-order valence-electron chi connectivity index (χ4n) is 2.17. The van der Waals surface area contributed by atoms with Crippen molar-refractivity contribution in [3.05, 3.63) is 30.0 Å². The number of hydrogen-bond acceptors (Lipinski definition) is 5. The Kier molecular flexibility index (Phi) is 3.41. The lowest BCUT2D eigenvalue weighted by molar-refractivity contribution is -0.140. The van der Waals surface area contributed by atoms with Crippen molar-refractivity contribution in [2.75, 3.05) is 20.3 Å². The normalized spacial score (nSPS) is 13.2. The quantitative estimate of drug-likeness (QED) is 0.802. The number of nitrogens with zero attached hydrogens (tertiary/aromatic N) is 1. The second kappa shape index (κ2) is 5.36. The summed E-state index contributed by atoms with van der Waals surface area (Å²) >= 11 is 0. The standard InChI is InChI=1S/C15H15NO4/c1-18-15(17)5-4-11-3-2-10-8-13-14(9-12(10)16-11)20-7-6-19-13/h2-3,8-9H,4-7H2,1H3. The first-order valence-corrected chi connectivity index (χ1v) is 6.52. The van der Waals surface area contributed by atoms with Gasteiger partial charge in [0.05, 0.1) is 19.0 Å². The van der Waals surface area contributed by atoms with E-state index in [1.54, 1.807) is 0 Å². The summed E-state index contributed by atoms with van der Waals surface area (Å²) in [5.41, 5.74) is 1.70. The van der Waals surface area contributed by atoms with Gasteiger partial charge in [0.1, 0.15) is 13.2 Å². The minimum atomic E-state index is -0.228. The summed E-state index contributed by atoms with van der Waals surface area (Å²) in [7, 11) is 1.39. The average molecular weight is 273 g/mol. The van der Waals surface area contributed by atoms with Gasteiger partial charge in [-0.1, -0.05) is 6.07 Å². The van der Waals surface area contributed by atoms with Crippen molar-refractivity contribution in [2.24, 2.45) is 0 Å². The maximum Gasteiger partial charge on any atom is 0.305 e. The lowest BCUT2D eigenvalue weighted by Crippen LogP contribution is -2.15. The molecule has 3 rings (SSSR count). The van der Waals surface area contributed by atoms with Gasteiger partial charge in [-0.15, -0.1) is 0 Å². The van der Waals surface area contributed by atoms with Crippen LogP contribution in [0.1, 0.15) is 12.1 Å². The van der Waals surface area contributed by atoms with Gasteiger partial charge in [0.25, 0.3) is 0 Å². The van der Waals surface area contributed by atoms with E-state index in [0.29, 0.717) is 26.1 Å². The van der Waals surface area contributed by atoms with Gasteiger partial charge < -0.3 is 14.2 Å². The Morgan fingerprint density at radius 1 is 1.25 bits per heavy atom. The highest BCUT2D eigenvalue weighted by Gasteiger charge is 2.13. The Balaban J connectivity index is 1.88. The third-order valence-corrected chi connectivity index (χ3v) is 3.22. The Morgan fingerprint density at radius 3 is 2.75 bits per heavy atom. The number of fused-ring (bicyclic) bond motifs is 2. The van der Waals surface area contributed by atoms with Gasteiger partial charge in [-0.3, -0.25) is 9.78 Å². The average Bonchev–Trinajstić information content (AvgIpc) is 2.50. The molecule has 1 aromatic heterocycles. The molecule has 1 aliphatic rings. The number of methoxy groups -OCH3 is 1. The minimum Gasteiger partial charge on any atom is -0.486 e. The van der Waals surface area contributed by atoms with E-state index in [1.165, 1.54) is 7.11 Å². The lowest BCUT2D eigenvalue weighted by Gasteiger charge is -2.18. The molecule has 2 heterocycles. The summed E-state index contributed by atoms with van der Waals surface area (Å²) in [6.07, 6.45) is 0.899. The van der Waals surface area contributed by atoms with Gasteiger partial charge in [0.15, 0.2) is 11.5 Å². The van der Waals surface area contributed by atoms with Crippen LogP contribution in [0, 0.1) is 0 Å². The molecule has 0 spiro atoms. The number of ether oxygens (including phenoxy) is 3. The number of esters is 1. The molecular formula is C15H15NO4. The number of pyridine rings is 1. The molecule has 0 atom stereocenters. The second-order valence-corrected chi connectivity index (χ2v) is 4.57. The fourth-order valence-corrected chi connectivity index (χ4v) is 2.17. The zero-order valence-electron chi connectivity index (χ0n) is 11.2. The van der Waals surface area contributed by atoms with Gasteiger partial charge in [-0.05, 0) is 12.1 Å².